The van der Waals surface area contributed by atoms with Crippen molar-refractivity contribution in [2.24, 2.45) is 0 Å². The first kappa shape index (κ1) is 27.5. The van der Waals surface area contributed by atoms with Crippen LogP contribution in [0.15, 0.2) is 41.3 Å². The van der Waals surface area contributed by atoms with Crippen LogP contribution in [-0.2, 0) is 29.1 Å². The molecule has 1 aliphatic carbocycles. The second-order valence-electron chi connectivity index (χ2n) is 9.83. The smallest absolute Gasteiger partial charge is 0.175 e. The van der Waals surface area contributed by atoms with Crippen LogP contribution < -0.4 is 5.32 Å². The van der Waals surface area contributed by atoms with Crippen LogP contribution in [0.25, 0.3) is 0 Å². The summed E-state index contributed by atoms with van der Waals surface area (Å²) in [4.78, 5) is 3.00. The number of benzene rings is 2. The Balaban J connectivity index is 1.30. The Morgan fingerprint density at radius 2 is 1.71 bits per heavy atom. The highest BCUT2D eigenvalue weighted by atomic mass is 32.2. The molecule has 0 radical (unpaired) electrons. The summed E-state index contributed by atoms with van der Waals surface area (Å²) in [5.74, 6) is 0.0619. The molecular formula is C28H42N2O4S. The van der Waals surface area contributed by atoms with E-state index in [1.54, 1.807) is 18.2 Å². The Hall–Kier alpha value is -2.09. The van der Waals surface area contributed by atoms with Gasteiger partial charge in [0.1, 0.15) is 0 Å². The van der Waals surface area contributed by atoms with Crippen molar-refractivity contribution >= 4 is 9.84 Å². The number of unbranched alkanes of at least 4 members (excludes halogenated alkanes) is 3. The molecule has 2 aromatic carbocycles. The van der Waals surface area contributed by atoms with Crippen molar-refractivity contribution in [1.29, 1.82) is 0 Å². The van der Waals surface area contributed by atoms with E-state index in [1.807, 2.05) is 18.2 Å². The van der Waals surface area contributed by atoms with E-state index in [0.29, 0.717) is 10.9 Å². The Bertz CT molecular complexity index is 1040. The van der Waals surface area contributed by atoms with Gasteiger partial charge < -0.3 is 20.4 Å². The largest absolute Gasteiger partial charge is 0.504 e. The summed E-state index contributed by atoms with van der Waals surface area (Å²) in [5.41, 5.74) is 3.25. The van der Waals surface area contributed by atoms with Gasteiger partial charge in [0.05, 0.1) is 4.90 Å². The minimum atomic E-state index is -3.13. The maximum absolute atomic E-state index is 11.5. The number of hydrogen-bond acceptors (Lipinski definition) is 6. The second-order valence-corrected chi connectivity index (χ2v) is 11.8. The summed E-state index contributed by atoms with van der Waals surface area (Å²) in [6.45, 7) is 6.37. The van der Waals surface area contributed by atoms with E-state index in [2.05, 4.69) is 17.1 Å². The average Bonchev–Trinajstić information content (AvgIpc) is 2.84. The number of sulfone groups is 1. The third-order valence-electron chi connectivity index (χ3n) is 7.06. The normalized spacial score (nSPS) is 15.9. The summed E-state index contributed by atoms with van der Waals surface area (Å²) in [5, 5.41) is 23.4. The van der Waals surface area contributed by atoms with Crippen molar-refractivity contribution in [2.75, 3.05) is 32.4 Å². The number of phenolic OH excluding ortho intramolecular Hbond substituents is 2. The van der Waals surface area contributed by atoms with E-state index >= 15 is 0 Å². The molecule has 0 saturated heterocycles. The summed E-state index contributed by atoms with van der Waals surface area (Å²) in [7, 11) is -3.13. The highest BCUT2D eigenvalue weighted by molar-refractivity contribution is 7.90. The van der Waals surface area contributed by atoms with E-state index in [4.69, 9.17) is 0 Å². The molecule has 35 heavy (non-hydrogen) atoms. The zero-order valence-electron chi connectivity index (χ0n) is 21.3. The number of rotatable bonds is 14. The maximum Gasteiger partial charge on any atom is 0.175 e. The molecule has 0 heterocycles. The molecule has 0 unspecified atom stereocenters. The summed E-state index contributed by atoms with van der Waals surface area (Å²) in [6.07, 6.45) is 10.9. The number of fused-ring (bicyclic) bond motifs is 1. The molecule has 0 amide bonds. The first-order chi connectivity index (χ1) is 16.8. The first-order valence-corrected chi connectivity index (χ1v) is 14.9. The standard InChI is InChI=1S/C28H42N2O4S/c1-3-19-30(24-11-14-26-23(21-24)10-15-27(31)28(26)32)20-7-5-4-6-17-29-18-16-22-8-12-25(13-9-22)35(2,33)34/h8-10,12-13,15,24,29,31-32H,3-7,11,14,16-21H2,1-2H3/t24-/m0/s1. The quantitative estimate of drug-likeness (QED) is 0.261. The van der Waals surface area contributed by atoms with Gasteiger partial charge in [0.25, 0.3) is 0 Å². The lowest BCUT2D eigenvalue weighted by atomic mass is 9.86. The zero-order chi connectivity index (χ0) is 25.3. The van der Waals surface area contributed by atoms with Crippen LogP contribution in [0.4, 0.5) is 0 Å². The van der Waals surface area contributed by atoms with Gasteiger partial charge in [-0.2, -0.15) is 0 Å². The van der Waals surface area contributed by atoms with Crippen molar-refractivity contribution in [3.63, 3.8) is 0 Å². The topological polar surface area (TPSA) is 89.9 Å². The fraction of sp³-hybridized carbons (Fsp3) is 0.571. The number of nitrogens with zero attached hydrogens (tertiary/aromatic N) is 1. The number of aromatic hydroxyl groups is 2. The van der Waals surface area contributed by atoms with Gasteiger partial charge in [0.15, 0.2) is 21.3 Å². The van der Waals surface area contributed by atoms with Gasteiger partial charge >= 0.3 is 0 Å². The van der Waals surface area contributed by atoms with Crippen molar-refractivity contribution in [3.8, 4) is 11.5 Å². The van der Waals surface area contributed by atoms with Crippen LogP contribution in [0.2, 0.25) is 0 Å². The van der Waals surface area contributed by atoms with Gasteiger partial charge in [-0.25, -0.2) is 8.42 Å². The molecule has 7 heteroatoms. The van der Waals surface area contributed by atoms with Crippen molar-refractivity contribution in [2.45, 2.75) is 75.6 Å². The molecule has 1 atom stereocenters. The SMILES string of the molecule is CCCN(CCCCCCNCCc1ccc(S(C)(=O)=O)cc1)[C@H]1CCc2c(ccc(O)c2O)C1. The number of hydrogen-bond donors (Lipinski definition) is 3. The van der Waals surface area contributed by atoms with Gasteiger partial charge in [0, 0.05) is 17.9 Å². The van der Waals surface area contributed by atoms with Gasteiger partial charge in [-0.15, -0.1) is 0 Å². The van der Waals surface area contributed by atoms with Crippen LogP contribution in [-0.4, -0.2) is 62.0 Å². The van der Waals surface area contributed by atoms with Gasteiger partial charge in [-0.05, 0) is 100 Å². The van der Waals surface area contributed by atoms with Crippen LogP contribution in [0.1, 0.15) is 62.1 Å². The molecule has 0 aromatic heterocycles. The molecular weight excluding hydrogens is 460 g/mol. The average molecular weight is 503 g/mol. The van der Waals surface area contributed by atoms with Gasteiger partial charge in [-0.3, -0.25) is 0 Å². The fourth-order valence-electron chi connectivity index (χ4n) is 5.06. The fourth-order valence-corrected chi connectivity index (χ4v) is 5.69. The van der Waals surface area contributed by atoms with Crippen LogP contribution in [0.5, 0.6) is 11.5 Å². The van der Waals surface area contributed by atoms with Crippen LogP contribution in [0, 0.1) is 0 Å². The maximum atomic E-state index is 11.5. The lowest BCUT2D eigenvalue weighted by Gasteiger charge is -2.35. The summed E-state index contributed by atoms with van der Waals surface area (Å²) in [6, 6.07) is 11.3. The van der Waals surface area contributed by atoms with E-state index in [1.165, 1.54) is 37.5 Å². The molecule has 3 N–H and O–H groups in total. The third-order valence-corrected chi connectivity index (χ3v) is 8.19. The molecule has 0 saturated carbocycles. The molecule has 0 spiro atoms. The van der Waals surface area contributed by atoms with Crippen molar-refractivity contribution in [3.05, 3.63) is 53.1 Å². The zero-order valence-corrected chi connectivity index (χ0v) is 22.1. The Labute approximate surface area is 211 Å². The first-order valence-electron chi connectivity index (χ1n) is 13.1. The van der Waals surface area contributed by atoms with Crippen LogP contribution in [0.3, 0.4) is 0 Å². The highest BCUT2D eigenvalue weighted by Crippen LogP contribution is 2.36. The van der Waals surface area contributed by atoms with E-state index in [9.17, 15) is 18.6 Å². The van der Waals surface area contributed by atoms with Gasteiger partial charge in [0.2, 0.25) is 0 Å². The molecule has 0 aliphatic heterocycles. The monoisotopic (exact) mass is 502 g/mol. The molecule has 2 aromatic rings. The minimum absolute atomic E-state index is 0.00892. The third kappa shape index (κ3) is 8.23. The molecule has 0 bridgehead atoms. The molecule has 6 nitrogen and oxygen atoms in total. The van der Waals surface area contributed by atoms with E-state index < -0.39 is 9.84 Å². The predicted octanol–water partition coefficient (Wildman–Crippen LogP) is 4.46. The van der Waals surface area contributed by atoms with Crippen molar-refractivity contribution < 1.29 is 18.6 Å². The van der Waals surface area contributed by atoms with E-state index in [-0.39, 0.29) is 11.5 Å². The molecule has 0 fully saturated rings. The predicted molar refractivity (Wildman–Crippen MR) is 142 cm³/mol. The van der Waals surface area contributed by atoms with Gasteiger partial charge in [-0.1, -0.05) is 38.0 Å². The summed E-state index contributed by atoms with van der Waals surface area (Å²) >= 11 is 0. The Kier molecular flexibility index (Phi) is 10.4. The molecule has 3 rings (SSSR count). The number of nitrogens with one attached hydrogen (secondary N) is 1. The Morgan fingerprint density at radius 1 is 0.971 bits per heavy atom. The molecule has 1 aliphatic rings. The number of phenols is 2. The Morgan fingerprint density at radius 3 is 2.43 bits per heavy atom. The van der Waals surface area contributed by atoms with Crippen molar-refractivity contribution in [1.82, 2.24) is 10.2 Å². The highest BCUT2D eigenvalue weighted by Gasteiger charge is 2.26. The molecule has 194 valence electrons. The minimum Gasteiger partial charge on any atom is -0.504 e. The summed E-state index contributed by atoms with van der Waals surface area (Å²) < 4.78 is 23.1. The van der Waals surface area contributed by atoms with Crippen LogP contribution >= 0.6 is 0 Å². The van der Waals surface area contributed by atoms with E-state index in [0.717, 1.165) is 69.4 Å². The second kappa shape index (κ2) is 13.3. The lowest BCUT2D eigenvalue weighted by molar-refractivity contribution is 0.175. The lowest BCUT2D eigenvalue weighted by Crippen LogP contribution is -2.40.